The fraction of sp³-hybridized carbons (Fsp3) is 0.733. The quantitative estimate of drug-likeness (QED) is 0.863. The lowest BCUT2D eigenvalue weighted by atomic mass is 10.0. The first-order chi connectivity index (χ1) is 8.85. The number of halogens is 2. The summed E-state index contributed by atoms with van der Waals surface area (Å²) in [4.78, 5) is 2.57. The predicted octanol–water partition coefficient (Wildman–Crippen LogP) is 3.82. The van der Waals surface area contributed by atoms with E-state index in [1.165, 1.54) is 25.0 Å². The second-order valence-electron chi connectivity index (χ2n) is 5.10. The van der Waals surface area contributed by atoms with Crippen LogP contribution in [0.5, 0.6) is 0 Å². The van der Waals surface area contributed by atoms with E-state index < -0.39 is 0 Å². The molecular weight excluding hydrogens is 295 g/mol. The Labute approximate surface area is 135 Å². The van der Waals surface area contributed by atoms with Crippen LogP contribution in [0.4, 0.5) is 0 Å². The molecular formula is C15H28Cl2N2O. The highest BCUT2D eigenvalue weighted by molar-refractivity contribution is 5.85. The zero-order valence-electron chi connectivity index (χ0n) is 12.6. The summed E-state index contributed by atoms with van der Waals surface area (Å²) in [5.41, 5.74) is 0. The molecule has 1 aromatic heterocycles. The summed E-state index contributed by atoms with van der Waals surface area (Å²) in [6.45, 7) is 8.88. The molecule has 1 aliphatic rings. The summed E-state index contributed by atoms with van der Waals surface area (Å²) < 4.78 is 5.98. The Morgan fingerprint density at radius 2 is 1.90 bits per heavy atom. The number of piperazine rings is 1. The van der Waals surface area contributed by atoms with Crippen molar-refractivity contribution < 1.29 is 4.42 Å². The van der Waals surface area contributed by atoms with E-state index in [1.807, 2.05) is 0 Å². The molecule has 1 fully saturated rings. The van der Waals surface area contributed by atoms with E-state index in [9.17, 15) is 0 Å². The predicted molar refractivity (Wildman–Crippen MR) is 89.3 cm³/mol. The lowest BCUT2D eigenvalue weighted by Gasteiger charge is -2.33. The van der Waals surface area contributed by atoms with Crippen molar-refractivity contribution in [3.8, 4) is 0 Å². The molecule has 3 nitrogen and oxygen atoms in total. The van der Waals surface area contributed by atoms with Gasteiger partial charge in [0, 0.05) is 32.6 Å². The molecule has 1 aliphatic heterocycles. The average molecular weight is 323 g/mol. The van der Waals surface area contributed by atoms with Gasteiger partial charge in [0.25, 0.3) is 0 Å². The molecule has 1 aromatic rings. The van der Waals surface area contributed by atoms with Crippen molar-refractivity contribution in [2.45, 2.75) is 45.6 Å². The standard InChI is InChI=1S/C15H26N2O.2ClH/c1-3-5-6-14(17-11-9-16-10-12-17)15-8-7-13(4-2)18-15;;/h7-8,14,16H,3-6,9-12H2,1-2H3;2*1H/t14-;;/m0../s1. The second kappa shape index (κ2) is 10.5. The SMILES string of the molecule is CCCC[C@@H](c1ccc(CC)o1)N1CCNCC1.Cl.Cl. The molecule has 2 rings (SSSR count). The maximum Gasteiger partial charge on any atom is 0.121 e. The maximum absolute atomic E-state index is 5.98. The van der Waals surface area contributed by atoms with Crippen LogP contribution in [0.3, 0.4) is 0 Å². The molecule has 5 heteroatoms. The van der Waals surface area contributed by atoms with E-state index >= 15 is 0 Å². The summed E-state index contributed by atoms with van der Waals surface area (Å²) in [5, 5.41) is 3.42. The highest BCUT2D eigenvalue weighted by atomic mass is 35.5. The molecule has 0 aliphatic carbocycles. The lowest BCUT2D eigenvalue weighted by Crippen LogP contribution is -2.45. The third-order valence-corrected chi connectivity index (χ3v) is 3.78. The molecule has 0 bridgehead atoms. The highest BCUT2D eigenvalue weighted by Crippen LogP contribution is 2.28. The largest absolute Gasteiger partial charge is 0.464 e. The van der Waals surface area contributed by atoms with Crippen LogP contribution in [0.1, 0.15) is 50.7 Å². The average Bonchev–Trinajstić information content (AvgIpc) is 2.89. The van der Waals surface area contributed by atoms with Crippen LogP contribution in [0.15, 0.2) is 16.5 Å². The molecule has 0 amide bonds. The number of rotatable bonds is 6. The number of furan rings is 1. The van der Waals surface area contributed by atoms with Gasteiger partial charge in [-0.3, -0.25) is 4.90 Å². The number of aryl methyl sites for hydroxylation is 1. The first-order valence-corrected chi connectivity index (χ1v) is 7.38. The molecule has 1 atom stereocenters. The first kappa shape index (κ1) is 19.8. The van der Waals surface area contributed by atoms with Crippen molar-refractivity contribution in [3.05, 3.63) is 23.7 Å². The molecule has 2 heterocycles. The maximum atomic E-state index is 5.98. The molecule has 20 heavy (non-hydrogen) atoms. The topological polar surface area (TPSA) is 28.4 Å². The lowest BCUT2D eigenvalue weighted by molar-refractivity contribution is 0.143. The van der Waals surface area contributed by atoms with E-state index in [2.05, 4.69) is 36.2 Å². The van der Waals surface area contributed by atoms with Gasteiger partial charge in [-0.1, -0.05) is 26.7 Å². The van der Waals surface area contributed by atoms with Crippen LogP contribution < -0.4 is 5.32 Å². The molecule has 0 unspecified atom stereocenters. The smallest absolute Gasteiger partial charge is 0.121 e. The second-order valence-corrected chi connectivity index (χ2v) is 5.10. The minimum Gasteiger partial charge on any atom is -0.464 e. The summed E-state index contributed by atoms with van der Waals surface area (Å²) >= 11 is 0. The number of unbranched alkanes of at least 4 members (excludes halogenated alkanes) is 1. The minimum absolute atomic E-state index is 0. The van der Waals surface area contributed by atoms with E-state index in [0.717, 1.165) is 38.4 Å². The fourth-order valence-corrected chi connectivity index (χ4v) is 2.66. The summed E-state index contributed by atoms with van der Waals surface area (Å²) in [7, 11) is 0. The Balaban J connectivity index is 0.00000180. The number of hydrogen-bond acceptors (Lipinski definition) is 3. The number of nitrogens with zero attached hydrogens (tertiary/aromatic N) is 1. The van der Waals surface area contributed by atoms with E-state index in [4.69, 9.17) is 4.42 Å². The zero-order chi connectivity index (χ0) is 12.8. The van der Waals surface area contributed by atoms with Crippen LogP contribution in [0, 0.1) is 0 Å². The molecule has 0 saturated carbocycles. The van der Waals surface area contributed by atoms with Gasteiger partial charge in [0.05, 0.1) is 6.04 Å². The van der Waals surface area contributed by atoms with E-state index in [0.29, 0.717) is 6.04 Å². The van der Waals surface area contributed by atoms with Crippen molar-refractivity contribution in [1.82, 2.24) is 10.2 Å². The fourth-order valence-electron chi connectivity index (χ4n) is 2.66. The van der Waals surface area contributed by atoms with Crippen LogP contribution >= 0.6 is 24.8 Å². The van der Waals surface area contributed by atoms with Gasteiger partial charge in [0.1, 0.15) is 11.5 Å². The summed E-state index contributed by atoms with van der Waals surface area (Å²) in [5.74, 6) is 2.28. The van der Waals surface area contributed by atoms with Gasteiger partial charge in [-0.2, -0.15) is 0 Å². The van der Waals surface area contributed by atoms with Crippen molar-refractivity contribution >= 4 is 24.8 Å². The zero-order valence-corrected chi connectivity index (χ0v) is 14.2. The van der Waals surface area contributed by atoms with Crippen LogP contribution in [0.2, 0.25) is 0 Å². The molecule has 118 valence electrons. The van der Waals surface area contributed by atoms with E-state index in [-0.39, 0.29) is 24.8 Å². The van der Waals surface area contributed by atoms with Crippen molar-refractivity contribution in [3.63, 3.8) is 0 Å². The van der Waals surface area contributed by atoms with Gasteiger partial charge >= 0.3 is 0 Å². The van der Waals surface area contributed by atoms with Crippen LogP contribution in [0.25, 0.3) is 0 Å². The number of nitrogens with one attached hydrogen (secondary N) is 1. The summed E-state index contributed by atoms with van der Waals surface area (Å²) in [6.07, 6.45) is 4.73. The molecule has 0 aromatic carbocycles. The highest BCUT2D eigenvalue weighted by Gasteiger charge is 2.24. The normalized spacial score (nSPS) is 17.1. The van der Waals surface area contributed by atoms with Crippen molar-refractivity contribution in [2.75, 3.05) is 26.2 Å². The van der Waals surface area contributed by atoms with Gasteiger partial charge in [-0.25, -0.2) is 0 Å². The number of hydrogen-bond donors (Lipinski definition) is 1. The molecule has 1 saturated heterocycles. The van der Waals surface area contributed by atoms with Gasteiger partial charge < -0.3 is 9.73 Å². The molecule has 1 N–H and O–H groups in total. The third kappa shape index (κ3) is 5.28. The summed E-state index contributed by atoms with van der Waals surface area (Å²) in [6, 6.07) is 4.80. The Kier molecular flexibility index (Phi) is 10.4. The Morgan fingerprint density at radius 1 is 1.20 bits per heavy atom. The van der Waals surface area contributed by atoms with E-state index in [1.54, 1.807) is 0 Å². The van der Waals surface area contributed by atoms with Crippen LogP contribution in [-0.4, -0.2) is 31.1 Å². The molecule has 0 spiro atoms. The monoisotopic (exact) mass is 322 g/mol. The van der Waals surface area contributed by atoms with Crippen molar-refractivity contribution in [1.29, 1.82) is 0 Å². The first-order valence-electron chi connectivity index (χ1n) is 7.38. The van der Waals surface area contributed by atoms with Crippen molar-refractivity contribution in [2.24, 2.45) is 0 Å². The minimum atomic E-state index is 0. The Bertz CT molecular complexity index is 351. The Hall–Kier alpha value is -0.220. The van der Waals surface area contributed by atoms with Gasteiger partial charge in [0.2, 0.25) is 0 Å². The van der Waals surface area contributed by atoms with Gasteiger partial charge in [-0.15, -0.1) is 24.8 Å². The van der Waals surface area contributed by atoms with Gasteiger partial charge in [0.15, 0.2) is 0 Å². The third-order valence-electron chi connectivity index (χ3n) is 3.78. The van der Waals surface area contributed by atoms with Gasteiger partial charge in [-0.05, 0) is 18.6 Å². The Morgan fingerprint density at radius 3 is 2.45 bits per heavy atom. The van der Waals surface area contributed by atoms with Crippen LogP contribution in [-0.2, 0) is 6.42 Å². The molecule has 0 radical (unpaired) electrons.